The van der Waals surface area contributed by atoms with Crippen molar-refractivity contribution in [1.82, 2.24) is 14.3 Å². The van der Waals surface area contributed by atoms with E-state index in [1.165, 1.54) is 16.7 Å². The number of nitrogens with zero attached hydrogens (tertiary/aromatic N) is 3. The van der Waals surface area contributed by atoms with E-state index < -0.39 is 5.79 Å². The number of rotatable bonds is 4. The molecule has 1 aromatic carbocycles. The lowest BCUT2D eigenvalue weighted by Crippen LogP contribution is -2.47. The van der Waals surface area contributed by atoms with Crippen LogP contribution >= 0.6 is 0 Å². The molecule has 2 aliphatic heterocycles. The molecule has 1 unspecified atom stereocenters. The second-order valence-electron chi connectivity index (χ2n) is 8.72. The minimum absolute atomic E-state index is 0.0544. The summed E-state index contributed by atoms with van der Waals surface area (Å²) in [7, 11) is 0. The molecule has 2 fully saturated rings. The van der Waals surface area contributed by atoms with Gasteiger partial charge in [0.25, 0.3) is 0 Å². The number of hydrogen-bond donors (Lipinski definition) is 0. The van der Waals surface area contributed by atoms with Gasteiger partial charge in [-0.1, -0.05) is 24.3 Å². The average molecular weight is 420 g/mol. The maximum Gasteiger partial charge on any atom is 0.223 e. The summed E-state index contributed by atoms with van der Waals surface area (Å²) in [6.07, 6.45) is 5.87. The summed E-state index contributed by atoms with van der Waals surface area (Å²) in [6.45, 7) is 6.82. The predicted molar refractivity (Wildman–Crippen MR) is 118 cm³/mol. The largest absolute Gasteiger partial charge is 0.347 e. The van der Waals surface area contributed by atoms with Crippen LogP contribution in [0, 0.1) is 13.8 Å². The fourth-order valence-corrected chi connectivity index (χ4v) is 4.90. The first-order valence-electron chi connectivity index (χ1n) is 11.1. The number of carbonyl (C=O) groups is 1. The first kappa shape index (κ1) is 20.2. The number of likely N-dealkylation sites (tertiary alicyclic amines) is 1. The quantitative estimate of drug-likeness (QED) is 0.645. The lowest BCUT2D eigenvalue weighted by molar-refractivity contribution is -0.187. The molecule has 162 valence electrons. The highest BCUT2D eigenvalue weighted by molar-refractivity contribution is 5.78. The van der Waals surface area contributed by atoms with Crippen LogP contribution in [0.15, 0.2) is 48.8 Å². The van der Waals surface area contributed by atoms with Crippen LogP contribution in [0.4, 0.5) is 0 Å². The molecule has 2 aliphatic rings. The monoisotopic (exact) mass is 419 g/mol. The number of carbonyl (C=O) groups excluding carboxylic acids is 1. The predicted octanol–water partition coefficient (Wildman–Crippen LogP) is 3.84. The molecule has 31 heavy (non-hydrogen) atoms. The fraction of sp³-hybridized carbons (Fsp3) is 0.440. The number of aromatic nitrogens is 2. The van der Waals surface area contributed by atoms with Crippen molar-refractivity contribution in [2.75, 3.05) is 26.3 Å². The van der Waals surface area contributed by atoms with Gasteiger partial charge >= 0.3 is 0 Å². The molecule has 2 saturated heterocycles. The maximum atomic E-state index is 13.4. The van der Waals surface area contributed by atoms with Gasteiger partial charge in [-0.2, -0.15) is 0 Å². The van der Waals surface area contributed by atoms with Gasteiger partial charge in [0.2, 0.25) is 5.91 Å². The third kappa shape index (κ3) is 3.86. The van der Waals surface area contributed by atoms with Crippen LogP contribution < -0.4 is 0 Å². The standard InChI is InChI=1S/C25H29N3O3/c1-18-7-10-28-22(17-26-23(28)15-18)21(20-6-4-3-5-19(20)2)16-24(29)27-11-8-25(9-12-27)30-13-14-31-25/h3-7,10,15,17,21H,8-9,11-14,16H2,1-2H3. The molecule has 3 aromatic rings. The van der Waals surface area contributed by atoms with Crippen molar-refractivity contribution in [2.24, 2.45) is 0 Å². The zero-order chi connectivity index (χ0) is 21.4. The summed E-state index contributed by atoms with van der Waals surface area (Å²) in [4.78, 5) is 20.0. The molecule has 0 saturated carbocycles. The normalized spacial score (nSPS) is 19.2. The van der Waals surface area contributed by atoms with Crippen LogP contribution in [0.25, 0.3) is 5.65 Å². The van der Waals surface area contributed by atoms with E-state index in [-0.39, 0.29) is 11.8 Å². The highest BCUT2D eigenvalue weighted by Crippen LogP contribution is 2.34. The molecule has 0 bridgehead atoms. The van der Waals surface area contributed by atoms with Gasteiger partial charge in [0.15, 0.2) is 5.79 Å². The lowest BCUT2D eigenvalue weighted by Gasteiger charge is -2.38. The number of benzene rings is 1. The molecular weight excluding hydrogens is 390 g/mol. The van der Waals surface area contributed by atoms with Crippen molar-refractivity contribution in [1.29, 1.82) is 0 Å². The summed E-state index contributed by atoms with van der Waals surface area (Å²) < 4.78 is 13.8. The number of fused-ring (bicyclic) bond motifs is 1. The molecule has 2 aromatic heterocycles. The van der Waals surface area contributed by atoms with Crippen LogP contribution in [-0.4, -0.2) is 52.3 Å². The van der Waals surface area contributed by atoms with E-state index in [0.29, 0.717) is 32.7 Å². The Balaban J connectivity index is 1.42. The Morgan fingerprint density at radius 2 is 1.87 bits per heavy atom. The molecule has 0 radical (unpaired) electrons. The summed E-state index contributed by atoms with van der Waals surface area (Å²) >= 11 is 0. The van der Waals surface area contributed by atoms with E-state index in [1.807, 2.05) is 23.2 Å². The summed E-state index contributed by atoms with van der Waals surface area (Å²) in [6, 6.07) is 12.5. The van der Waals surface area contributed by atoms with Crippen molar-refractivity contribution >= 4 is 11.6 Å². The van der Waals surface area contributed by atoms with Crippen molar-refractivity contribution in [3.05, 3.63) is 71.2 Å². The van der Waals surface area contributed by atoms with Crippen molar-refractivity contribution in [3.63, 3.8) is 0 Å². The molecule has 6 heteroatoms. The Morgan fingerprint density at radius 3 is 2.61 bits per heavy atom. The van der Waals surface area contributed by atoms with Crippen molar-refractivity contribution in [2.45, 2.75) is 44.8 Å². The summed E-state index contributed by atoms with van der Waals surface area (Å²) in [5.41, 5.74) is 5.50. The second-order valence-corrected chi connectivity index (χ2v) is 8.72. The number of pyridine rings is 1. The van der Waals surface area contributed by atoms with Crippen LogP contribution in [0.3, 0.4) is 0 Å². The van der Waals surface area contributed by atoms with E-state index >= 15 is 0 Å². The number of aryl methyl sites for hydroxylation is 2. The molecule has 4 heterocycles. The van der Waals surface area contributed by atoms with Crippen LogP contribution in [0.2, 0.25) is 0 Å². The number of ether oxygens (including phenoxy) is 2. The highest BCUT2D eigenvalue weighted by atomic mass is 16.7. The third-order valence-corrected chi connectivity index (χ3v) is 6.69. The summed E-state index contributed by atoms with van der Waals surface area (Å²) in [5, 5.41) is 0. The van der Waals surface area contributed by atoms with Crippen LogP contribution in [-0.2, 0) is 14.3 Å². The van der Waals surface area contributed by atoms with Gasteiger partial charge in [-0.3, -0.25) is 4.79 Å². The molecule has 0 N–H and O–H groups in total. The van der Waals surface area contributed by atoms with Gasteiger partial charge in [-0.05, 0) is 42.7 Å². The SMILES string of the molecule is Cc1ccn2c(C(CC(=O)N3CCC4(CC3)OCCO4)c3ccccc3C)cnc2c1. The van der Waals surface area contributed by atoms with E-state index in [9.17, 15) is 4.79 Å². The van der Waals surface area contributed by atoms with E-state index in [4.69, 9.17) is 9.47 Å². The van der Waals surface area contributed by atoms with Crippen molar-refractivity contribution < 1.29 is 14.3 Å². The Bertz CT molecular complexity index is 1090. The van der Waals surface area contributed by atoms with Crippen molar-refractivity contribution in [3.8, 4) is 0 Å². The topological polar surface area (TPSA) is 56.1 Å². The fourth-order valence-electron chi connectivity index (χ4n) is 4.90. The molecular formula is C25H29N3O3. The zero-order valence-corrected chi connectivity index (χ0v) is 18.2. The van der Waals surface area contributed by atoms with E-state index in [0.717, 1.165) is 24.2 Å². The Morgan fingerprint density at radius 1 is 1.13 bits per heavy atom. The first-order chi connectivity index (χ1) is 15.0. The smallest absolute Gasteiger partial charge is 0.223 e. The lowest BCUT2D eigenvalue weighted by atomic mass is 9.88. The minimum atomic E-state index is -0.467. The molecule has 1 amide bonds. The highest BCUT2D eigenvalue weighted by Gasteiger charge is 2.41. The number of imidazole rings is 1. The summed E-state index contributed by atoms with van der Waals surface area (Å²) in [5.74, 6) is -0.351. The van der Waals surface area contributed by atoms with Gasteiger partial charge in [0, 0.05) is 50.7 Å². The van der Waals surface area contributed by atoms with Gasteiger partial charge in [-0.25, -0.2) is 4.98 Å². The molecule has 0 aliphatic carbocycles. The van der Waals surface area contributed by atoms with Gasteiger partial charge < -0.3 is 18.8 Å². The zero-order valence-electron chi connectivity index (χ0n) is 18.2. The minimum Gasteiger partial charge on any atom is -0.347 e. The Labute approximate surface area is 182 Å². The Hall–Kier alpha value is -2.70. The molecule has 5 rings (SSSR count). The van der Waals surface area contributed by atoms with Gasteiger partial charge in [0.1, 0.15) is 5.65 Å². The number of amides is 1. The Kier molecular flexibility index (Phi) is 5.28. The number of hydrogen-bond acceptors (Lipinski definition) is 4. The van der Waals surface area contributed by atoms with Crippen LogP contribution in [0.1, 0.15) is 47.6 Å². The van der Waals surface area contributed by atoms with Gasteiger partial charge in [0.05, 0.1) is 18.9 Å². The molecule has 1 atom stereocenters. The maximum absolute atomic E-state index is 13.4. The van der Waals surface area contributed by atoms with Gasteiger partial charge in [-0.15, -0.1) is 0 Å². The van der Waals surface area contributed by atoms with Crippen LogP contribution in [0.5, 0.6) is 0 Å². The first-order valence-corrected chi connectivity index (χ1v) is 11.1. The molecule has 1 spiro atoms. The van der Waals surface area contributed by atoms with E-state index in [1.54, 1.807) is 0 Å². The molecule has 6 nitrogen and oxygen atoms in total. The number of piperidine rings is 1. The second kappa shape index (κ2) is 8.09. The third-order valence-electron chi connectivity index (χ3n) is 6.69. The average Bonchev–Trinajstić information content (AvgIpc) is 3.40. The van der Waals surface area contributed by atoms with E-state index in [2.05, 4.69) is 53.7 Å².